The summed E-state index contributed by atoms with van der Waals surface area (Å²) in [5.41, 5.74) is 0. The predicted octanol–water partition coefficient (Wildman–Crippen LogP) is 17.8. The molecule has 0 fully saturated rings. The molecule has 0 aromatic rings. The van der Waals surface area contributed by atoms with Crippen LogP contribution in [0.3, 0.4) is 0 Å². The molecule has 6 heteroatoms. The minimum absolute atomic E-state index is 0.108. The first-order chi connectivity index (χ1) is 32.0. The number of carbonyl (C=O) groups is 3. The van der Waals surface area contributed by atoms with Gasteiger partial charge in [-0.1, -0.05) is 214 Å². The van der Waals surface area contributed by atoms with Crippen molar-refractivity contribution >= 4 is 17.9 Å². The zero-order valence-electron chi connectivity index (χ0n) is 42.2. The average molecular weight is 903 g/mol. The SMILES string of the molecule is CC/C=C\C/C=C\C/C=C\C/C=C\C/C=C\C/C=C\CCC(=O)OCC(COC(=O)CCCCCCC/C=C\CCC)OC(=O)CCCCCCCCC/C=C\CCCCCCCCC. The topological polar surface area (TPSA) is 78.9 Å². The Hall–Kier alpha value is -3.67. The molecule has 0 aromatic carbocycles. The minimum atomic E-state index is -0.813. The Bertz CT molecular complexity index is 1310. The number of unbranched alkanes of at least 4 members (excludes halogenated alkanes) is 20. The Morgan fingerprint density at radius 2 is 0.662 bits per heavy atom. The monoisotopic (exact) mass is 903 g/mol. The molecule has 65 heavy (non-hydrogen) atoms. The van der Waals surface area contributed by atoms with Gasteiger partial charge in [0, 0.05) is 19.3 Å². The van der Waals surface area contributed by atoms with E-state index >= 15 is 0 Å². The lowest BCUT2D eigenvalue weighted by atomic mass is 10.1. The highest BCUT2D eigenvalue weighted by Gasteiger charge is 2.19. The van der Waals surface area contributed by atoms with Crippen LogP contribution in [0.2, 0.25) is 0 Å². The fraction of sp³-hybridized carbons (Fsp3) is 0.678. The van der Waals surface area contributed by atoms with Crippen molar-refractivity contribution in [2.45, 2.75) is 245 Å². The molecule has 0 aliphatic rings. The van der Waals surface area contributed by atoms with E-state index in [-0.39, 0.29) is 37.5 Å². The van der Waals surface area contributed by atoms with Gasteiger partial charge < -0.3 is 14.2 Å². The molecule has 0 aliphatic heterocycles. The molecule has 0 N–H and O–H groups in total. The van der Waals surface area contributed by atoms with Crippen LogP contribution in [-0.4, -0.2) is 37.2 Å². The number of ether oxygens (including phenoxy) is 3. The van der Waals surface area contributed by atoms with E-state index in [0.717, 1.165) is 96.3 Å². The molecule has 0 bridgehead atoms. The molecule has 0 saturated heterocycles. The lowest BCUT2D eigenvalue weighted by Gasteiger charge is -2.18. The van der Waals surface area contributed by atoms with Gasteiger partial charge in [-0.3, -0.25) is 14.4 Å². The number of carbonyl (C=O) groups excluding carboxylic acids is 3. The highest BCUT2D eigenvalue weighted by atomic mass is 16.6. The summed E-state index contributed by atoms with van der Waals surface area (Å²) in [5.74, 6) is -1.01. The average Bonchev–Trinajstić information content (AvgIpc) is 3.30. The second kappa shape index (κ2) is 52.9. The van der Waals surface area contributed by atoms with Crippen molar-refractivity contribution in [3.63, 3.8) is 0 Å². The molecule has 0 heterocycles. The summed E-state index contributed by atoms with van der Waals surface area (Å²) in [6.45, 7) is 6.38. The molecular weight excluding hydrogens is 805 g/mol. The number of hydrogen-bond donors (Lipinski definition) is 0. The number of rotatable bonds is 47. The fourth-order valence-electron chi connectivity index (χ4n) is 7.05. The third-order valence-electron chi connectivity index (χ3n) is 11.0. The van der Waals surface area contributed by atoms with Gasteiger partial charge in [-0.05, 0) is 103 Å². The van der Waals surface area contributed by atoms with Crippen LogP contribution in [0.5, 0.6) is 0 Å². The number of allylic oxidation sites excluding steroid dienone is 16. The Kier molecular flexibility index (Phi) is 50.0. The van der Waals surface area contributed by atoms with Crippen LogP contribution in [0.1, 0.15) is 239 Å². The molecule has 0 radical (unpaired) electrons. The van der Waals surface area contributed by atoms with Crippen molar-refractivity contribution in [1.82, 2.24) is 0 Å². The first-order valence-corrected chi connectivity index (χ1v) is 26.7. The molecule has 0 rings (SSSR count). The molecule has 6 nitrogen and oxygen atoms in total. The van der Waals surface area contributed by atoms with E-state index < -0.39 is 6.10 Å². The molecule has 0 aromatic heterocycles. The van der Waals surface area contributed by atoms with E-state index in [2.05, 4.69) is 112 Å². The van der Waals surface area contributed by atoms with Gasteiger partial charge in [0.25, 0.3) is 0 Å². The van der Waals surface area contributed by atoms with Crippen molar-refractivity contribution < 1.29 is 28.6 Å². The molecule has 0 amide bonds. The fourth-order valence-corrected chi connectivity index (χ4v) is 7.05. The summed E-state index contributed by atoms with van der Waals surface area (Å²) in [6, 6.07) is 0. The summed E-state index contributed by atoms with van der Waals surface area (Å²) < 4.78 is 16.7. The number of hydrogen-bond acceptors (Lipinski definition) is 6. The van der Waals surface area contributed by atoms with Crippen molar-refractivity contribution in [3.05, 3.63) is 97.2 Å². The van der Waals surface area contributed by atoms with Crippen LogP contribution >= 0.6 is 0 Å². The first-order valence-electron chi connectivity index (χ1n) is 26.7. The maximum Gasteiger partial charge on any atom is 0.306 e. The molecular formula is C59H98O6. The minimum Gasteiger partial charge on any atom is -0.462 e. The van der Waals surface area contributed by atoms with E-state index in [9.17, 15) is 14.4 Å². The normalized spacial score (nSPS) is 12.8. The smallest absolute Gasteiger partial charge is 0.306 e. The van der Waals surface area contributed by atoms with Crippen LogP contribution in [-0.2, 0) is 28.6 Å². The second-order valence-electron chi connectivity index (χ2n) is 17.4. The van der Waals surface area contributed by atoms with Gasteiger partial charge in [0.05, 0.1) is 0 Å². The highest BCUT2D eigenvalue weighted by molar-refractivity contribution is 5.71. The number of esters is 3. The van der Waals surface area contributed by atoms with Gasteiger partial charge in [0.15, 0.2) is 6.10 Å². The van der Waals surface area contributed by atoms with E-state index in [1.807, 2.05) is 6.08 Å². The summed E-state index contributed by atoms with van der Waals surface area (Å²) in [5, 5.41) is 0. The van der Waals surface area contributed by atoms with Crippen LogP contribution in [0.15, 0.2) is 97.2 Å². The highest BCUT2D eigenvalue weighted by Crippen LogP contribution is 2.14. The molecule has 1 atom stereocenters. The zero-order chi connectivity index (χ0) is 47.2. The molecule has 0 saturated carbocycles. The van der Waals surface area contributed by atoms with Crippen LogP contribution in [0.4, 0.5) is 0 Å². The first kappa shape index (κ1) is 61.3. The van der Waals surface area contributed by atoms with Gasteiger partial charge in [-0.15, -0.1) is 0 Å². The molecule has 0 aliphatic carbocycles. The Morgan fingerprint density at radius 3 is 1.09 bits per heavy atom. The van der Waals surface area contributed by atoms with Gasteiger partial charge in [0.2, 0.25) is 0 Å². The van der Waals surface area contributed by atoms with Gasteiger partial charge in [-0.2, -0.15) is 0 Å². The van der Waals surface area contributed by atoms with E-state index in [1.165, 1.54) is 96.3 Å². The maximum atomic E-state index is 12.8. The largest absolute Gasteiger partial charge is 0.462 e. The van der Waals surface area contributed by atoms with Gasteiger partial charge in [-0.25, -0.2) is 0 Å². The van der Waals surface area contributed by atoms with Crippen molar-refractivity contribution in [2.75, 3.05) is 13.2 Å². The lowest BCUT2D eigenvalue weighted by molar-refractivity contribution is -0.166. The third kappa shape index (κ3) is 51.2. The van der Waals surface area contributed by atoms with Crippen molar-refractivity contribution in [3.8, 4) is 0 Å². The second-order valence-corrected chi connectivity index (χ2v) is 17.4. The summed E-state index contributed by atoms with van der Waals surface area (Å²) in [7, 11) is 0. The summed E-state index contributed by atoms with van der Waals surface area (Å²) in [4.78, 5) is 37.9. The molecule has 0 spiro atoms. The van der Waals surface area contributed by atoms with E-state index in [1.54, 1.807) is 0 Å². The third-order valence-corrected chi connectivity index (χ3v) is 11.0. The van der Waals surface area contributed by atoms with Gasteiger partial charge in [0.1, 0.15) is 13.2 Å². The van der Waals surface area contributed by atoms with E-state index in [0.29, 0.717) is 19.3 Å². The summed E-state index contributed by atoms with van der Waals surface area (Å²) in [6.07, 6.45) is 69.8. The Morgan fingerprint density at radius 1 is 0.323 bits per heavy atom. The Balaban J connectivity index is 4.47. The van der Waals surface area contributed by atoms with Gasteiger partial charge >= 0.3 is 17.9 Å². The quantitative estimate of drug-likeness (QED) is 0.0262. The van der Waals surface area contributed by atoms with Crippen molar-refractivity contribution in [1.29, 1.82) is 0 Å². The Labute approximate surface area is 400 Å². The lowest BCUT2D eigenvalue weighted by Crippen LogP contribution is -2.30. The van der Waals surface area contributed by atoms with Crippen molar-refractivity contribution in [2.24, 2.45) is 0 Å². The van der Waals surface area contributed by atoms with E-state index in [4.69, 9.17) is 14.2 Å². The maximum absolute atomic E-state index is 12.8. The van der Waals surface area contributed by atoms with Crippen LogP contribution < -0.4 is 0 Å². The molecule has 370 valence electrons. The molecule has 1 unspecified atom stereocenters. The predicted molar refractivity (Wildman–Crippen MR) is 279 cm³/mol. The van der Waals surface area contributed by atoms with Crippen LogP contribution in [0.25, 0.3) is 0 Å². The van der Waals surface area contributed by atoms with Crippen LogP contribution in [0, 0.1) is 0 Å². The standard InChI is InChI=1S/C59H98O6/c1-4-7-10-13-16-19-22-24-26-28-30-32-33-35-37-40-43-46-49-52-58(61)64-55-56(54-63-57(60)51-48-45-42-39-21-18-15-12-9-6-3)65-59(62)53-50-47-44-41-38-36-34-31-29-27-25-23-20-17-14-11-8-5-2/h7,10,12,15-16,19,24,26-27,29-30,32,35,37,43,46,56H,4-6,8-9,11,13-14,17-18,20-23,25,28,31,33-34,36,38-42,44-45,47-55H2,1-3H3/b10-7-,15-12-,19-16-,26-24-,29-27-,32-30-,37-35-,46-43-. The zero-order valence-corrected chi connectivity index (χ0v) is 42.2. The summed E-state index contributed by atoms with van der Waals surface area (Å²) >= 11 is 0.